The van der Waals surface area contributed by atoms with Gasteiger partial charge in [-0.15, -0.1) is 0 Å². The van der Waals surface area contributed by atoms with Gasteiger partial charge in [-0.2, -0.15) is 0 Å². The zero-order chi connectivity index (χ0) is 12.8. The predicted molar refractivity (Wildman–Crippen MR) is 74.1 cm³/mol. The van der Waals surface area contributed by atoms with E-state index in [-0.39, 0.29) is 0 Å². The van der Waals surface area contributed by atoms with Crippen molar-refractivity contribution in [2.45, 2.75) is 39.5 Å². The van der Waals surface area contributed by atoms with E-state index in [2.05, 4.69) is 13.8 Å². The van der Waals surface area contributed by atoms with Crippen LogP contribution in [0.5, 0.6) is 5.75 Å². The molecule has 3 heteroatoms. The highest BCUT2D eigenvalue weighted by Gasteiger charge is 2.14. The Balaban J connectivity index is 3.14. The highest BCUT2D eigenvalue weighted by molar-refractivity contribution is 6.30. The molecule has 1 rings (SSSR count). The zero-order valence-corrected chi connectivity index (χ0v) is 11.7. The van der Waals surface area contributed by atoms with Gasteiger partial charge in [0.2, 0.25) is 0 Å². The number of halogens is 1. The Kier molecular flexibility index (Phi) is 5.79. The molecule has 0 saturated heterocycles. The predicted octanol–water partition coefficient (Wildman–Crippen LogP) is 3.75. The molecule has 0 aliphatic carbocycles. The van der Waals surface area contributed by atoms with Crippen molar-refractivity contribution in [1.29, 1.82) is 0 Å². The van der Waals surface area contributed by atoms with Crippen LogP contribution in [0.4, 0.5) is 0 Å². The molecule has 1 aromatic rings. The van der Waals surface area contributed by atoms with Gasteiger partial charge in [0.05, 0.1) is 6.61 Å². The molecule has 0 atom stereocenters. The van der Waals surface area contributed by atoms with Crippen LogP contribution in [-0.2, 0) is 6.42 Å². The number of hydrogen-bond donors (Lipinski definition) is 1. The topological polar surface area (TPSA) is 35.2 Å². The van der Waals surface area contributed by atoms with Gasteiger partial charge in [0.15, 0.2) is 0 Å². The lowest BCUT2D eigenvalue weighted by atomic mass is 9.97. The lowest BCUT2D eigenvalue weighted by Crippen LogP contribution is -2.05. The third kappa shape index (κ3) is 3.90. The maximum atomic E-state index is 6.16. The summed E-state index contributed by atoms with van der Waals surface area (Å²) in [4.78, 5) is 0. The first-order chi connectivity index (χ1) is 8.10. The number of ether oxygens (including phenoxy) is 1. The Hall–Kier alpha value is -0.730. The summed E-state index contributed by atoms with van der Waals surface area (Å²) in [5.41, 5.74) is 7.92. The van der Waals surface area contributed by atoms with Crippen molar-refractivity contribution < 1.29 is 4.74 Å². The molecule has 2 nitrogen and oxygen atoms in total. The summed E-state index contributed by atoms with van der Waals surface area (Å²) in [7, 11) is 0. The van der Waals surface area contributed by atoms with Crippen molar-refractivity contribution in [1.82, 2.24) is 0 Å². The van der Waals surface area contributed by atoms with Gasteiger partial charge in [-0.05, 0) is 55.5 Å². The van der Waals surface area contributed by atoms with Crippen LogP contribution in [0.2, 0.25) is 5.02 Å². The van der Waals surface area contributed by atoms with E-state index in [1.54, 1.807) is 0 Å². The van der Waals surface area contributed by atoms with E-state index in [1.807, 2.05) is 19.1 Å². The van der Waals surface area contributed by atoms with Gasteiger partial charge in [-0.3, -0.25) is 0 Å². The molecule has 96 valence electrons. The van der Waals surface area contributed by atoms with Gasteiger partial charge in [-0.1, -0.05) is 25.4 Å². The second-order valence-corrected chi connectivity index (χ2v) is 4.90. The molecule has 17 heavy (non-hydrogen) atoms. The first kappa shape index (κ1) is 14.3. The van der Waals surface area contributed by atoms with Crippen LogP contribution in [0.25, 0.3) is 0 Å². The van der Waals surface area contributed by atoms with Crippen LogP contribution in [0.3, 0.4) is 0 Å². The monoisotopic (exact) mass is 255 g/mol. The molecule has 0 aliphatic heterocycles. The third-order valence-corrected chi connectivity index (χ3v) is 2.94. The van der Waals surface area contributed by atoms with Crippen molar-refractivity contribution in [2.24, 2.45) is 5.73 Å². The molecule has 0 unspecified atom stereocenters. The molecule has 0 bridgehead atoms. The van der Waals surface area contributed by atoms with Crippen LogP contribution in [0.1, 0.15) is 44.2 Å². The van der Waals surface area contributed by atoms with E-state index in [9.17, 15) is 0 Å². The van der Waals surface area contributed by atoms with Crippen LogP contribution >= 0.6 is 11.6 Å². The van der Waals surface area contributed by atoms with E-state index in [0.717, 1.165) is 23.6 Å². The number of rotatable bonds is 6. The zero-order valence-electron chi connectivity index (χ0n) is 10.9. The van der Waals surface area contributed by atoms with Gasteiger partial charge in [0.1, 0.15) is 5.75 Å². The average Bonchev–Trinajstić information content (AvgIpc) is 2.28. The molecule has 0 amide bonds. The van der Waals surface area contributed by atoms with Crippen molar-refractivity contribution in [3.63, 3.8) is 0 Å². The minimum Gasteiger partial charge on any atom is -0.493 e. The normalized spacial score (nSPS) is 10.9. The summed E-state index contributed by atoms with van der Waals surface area (Å²) in [5, 5.41) is 0.782. The number of aryl methyl sites for hydroxylation is 1. The largest absolute Gasteiger partial charge is 0.493 e. The lowest BCUT2D eigenvalue weighted by Gasteiger charge is -2.18. The molecular formula is C14H22ClNO. The molecule has 0 fully saturated rings. The van der Waals surface area contributed by atoms with E-state index in [1.165, 1.54) is 11.1 Å². The van der Waals surface area contributed by atoms with Crippen LogP contribution in [0.15, 0.2) is 12.1 Å². The maximum absolute atomic E-state index is 6.16. The van der Waals surface area contributed by atoms with Gasteiger partial charge >= 0.3 is 0 Å². The first-order valence-electron chi connectivity index (χ1n) is 6.25. The Labute approximate surface area is 109 Å². The van der Waals surface area contributed by atoms with Gasteiger partial charge in [0, 0.05) is 5.02 Å². The van der Waals surface area contributed by atoms with Crippen molar-refractivity contribution in [3.8, 4) is 5.75 Å². The van der Waals surface area contributed by atoms with Crippen molar-refractivity contribution in [2.75, 3.05) is 13.2 Å². The van der Waals surface area contributed by atoms with Crippen LogP contribution in [-0.4, -0.2) is 13.2 Å². The Morgan fingerprint density at radius 1 is 1.35 bits per heavy atom. The Bertz CT molecular complexity index is 363. The molecule has 0 radical (unpaired) electrons. The minimum atomic E-state index is 0.409. The summed E-state index contributed by atoms with van der Waals surface area (Å²) >= 11 is 6.16. The molecule has 0 aromatic heterocycles. The summed E-state index contributed by atoms with van der Waals surface area (Å²) < 4.78 is 5.78. The van der Waals surface area contributed by atoms with E-state index in [4.69, 9.17) is 22.1 Å². The maximum Gasteiger partial charge on any atom is 0.126 e. The quantitative estimate of drug-likeness (QED) is 0.840. The van der Waals surface area contributed by atoms with Gasteiger partial charge in [0.25, 0.3) is 0 Å². The van der Waals surface area contributed by atoms with E-state index < -0.39 is 0 Å². The smallest absolute Gasteiger partial charge is 0.126 e. The highest BCUT2D eigenvalue weighted by atomic mass is 35.5. The fourth-order valence-corrected chi connectivity index (χ4v) is 2.15. The molecule has 1 aromatic carbocycles. The molecule has 0 heterocycles. The van der Waals surface area contributed by atoms with E-state index in [0.29, 0.717) is 19.1 Å². The second kappa shape index (κ2) is 6.87. The SMILES string of the molecule is CCOc1c(CCCN)cc(Cl)cc1C(C)C. The van der Waals surface area contributed by atoms with Gasteiger partial charge in [-0.25, -0.2) is 0 Å². The molecule has 0 aliphatic rings. The van der Waals surface area contributed by atoms with Crippen LogP contribution in [0, 0.1) is 0 Å². The van der Waals surface area contributed by atoms with E-state index >= 15 is 0 Å². The fourth-order valence-electron chi connectivity index (χ4n) is 1.90. The molecule has 0 spiro atoms. The van der Waals surface area contributed by atoms with Gasteiger partial charge < -0.3 is 10.5 Å². The second-order valence-electron chi connectivity index (χ2n) is 4.46. The number of hydrogen-bond acceptors (Lipinski definition) is 2. The van der Waals surface area contributed by atoms with Crippen molar-refractivity contribution >= 4 is 11.6 Å². The summed E-state index contributed by atoms with van der Waals surface area (Å²) in [6.07, 6.45) is 1.88. The Morgan fingerprint density at radius 2 is 2.06 bits per heavy atom. The minimum absolute atomic E-state index is 0.409. The summed E-state index contributed by atoms with van der Waals surface area (Å²) in [6.45, 7) is 7.68. The summed E-state index contributed by atoms with van der Waals surface area (Å²) in [5.74, 6) is 1.41. The molecule has 0 saturated carbocycles. The van der Waals surface area contributed by atoms with Crippen LogP contribution < -0.4 is 10.5 Å². The molecular weight excluding hydrogens is 234 g/mol. The average molecular weight is 256 g/mol. The third-order valence-electron chi connectivity index (χ3n) is 2.72. The number of benzene rings is 1. The first-order valence-corrected chi connectivity index (χ1v) is 6.63. The molecule has 2 N–H and O–H groups in total. The summed E-state index contributed by atoms with van der Waals surface area (Å²) in [6, 6.07) is 4.00. The highest BCUT2D eigenvalue weighted by Crippen LogP contribution is 2.34. The lowest BCUT2D eigenvalue weighted by molar-refractivity contribution is 0.331. The Morgan fingerprint density at radius 3 is 2.59 bits per heavy atom. The number of nitrogens with two attached hydrogens (primary N) is 1. The van der Waals surface area contributed by atoms with Crippen molar-refractivity contribution in [3.05, 3.63) is 28.3 Å². The standard InChI is InChI=1S/C14H22ClNO/c1-4-17-14-11(6-5-7-16)8-12(15)9-13(14)10(2)3/h8-10H,4-7,16H2,1-3H3. The fraction of sp³-hybridized carbons (Fsp3) is 0.571.